The van der Waals surface area contributed by atoms with E-state index in [1.807, 2.05) is 6.92 Å². The molecule has 1 aromatic rings. The third-order valence-electron chi connectivity index (χ3n) is 3.23. The van der Waals surface area contributed by atoms with E-state index in [0.717, 1.165) is 35.7 Å². The van der Waals surface area contributed by atoms with Crippen LogP contribution in [0.25, 0.3) is 0 Å². The lowest BCUT2D eigenvalue weighted by Gasteiger charge is -2.26. The molecule has 22 heavy (non-hydrogen) atoms. The molecule has 1 heterocycles. The Balaban J connectivity index is 2.32. The van der Waals surface area contributed by atoms with Gasteiger partial charge in [0.05, 0.1) is 11.3 Å². The Kier molecular flexibility index (Phi) is 5.65. The zero-order chi connectivity index (χ0) is 16.3. The first-order chi connectivity index (χ1) is 10.3. The quantitative estimate of drug-likeness (QED) is 0.585. The number of thioether (sulfide) groups is 2. The molecule has 0 saturated carbocycles. The molecule has 1 aliphatic heterocycles. The van der Waals surface area contributed by atoms with Gasteiger partial charge in [0.25, 0.3) is 0 Å². The van der Waals surface area contributed by atoms with Crippen molar-refractivity contribution in [3.63, 3.8) is 0 Å². The second-order valence-electron chi connectivity index (χ2n) is 4.68. The first-order valence-corrected chi connectivity index (χ1v) is 8.90. The summed E-state index contributed by atoms with van der Waals surface area (Å²) in [6.07, 6.45) is -4.57. The molecule has 2 nitrogen and oxygen atoms in total. The molecule has 1 amide bonds. The van der Waals surface area contributed by atoms with Gasteiger partial charge in [0.1, 0.15) is 11.2 Å². The zero-order valence-corrected chi connectivity index (χ0v) is 13.5. The number of nitrogens with zero attached hydrogens (tertiary/aromatic N) is 1. The number of halogens is 4. The van der Waals surface area contributed by atoms with Crippen molar-refractivity contribution in [1.82, 2.24) is 4.90 Å². The van der Waals surface area contributed by atoms with Gasteiger partial charge in [0.15, 0.2) is 0 Å². The standard InChI is InChI=1S/C14H15F4NOS2/c1-2-21-6-5-19-12(20)8-22-13(19)10-7-9(15)3-4-11(10)14(16,17)18/h3-4,7,13H,2,5-6,8H2,1H3. The summed E-state index contributed by atoms with van der Waals surface area (Å²) in [4.78, 5) is 13.3. The average Bonchev–Trinajstić information content (AvgIpc) is 2.79. The van der Waals surface area contributed by atoms with Crippen LogP contribution in [0, 0.1) is 5.82 Å². The van der Waals surface area contributed by atoms with Crippen molar-refractivity contribution in [1.29, 1.82) is 0 Å². The summed E-state index contributed by atoms with van der Waals surface area (Å²) in [6, 6.07) is 2.43. The van der Waals surface area contributed by atoms with Crippen molar-refractivity contribution < 1.29 is 22.4 Å². The smallest absolute Gasteiger partial charge is 0.325 e. The molecule has 0 bridgehead atoms. The van der Waals surface area contributed by atoms with Crippen molar-refractivity contribution in [3.05, 3.63) is 35.1 Å². The second kappa shape index (κ2) is 7.12. The van der Waals surface area contributed by atoms with Crippen molar-refractivity contribution >= 4 is 29.4 Å². The summed E-state index contributed by atoms with van der Waals surface area (Å²) < 4.78 is 52.8. The van der Waals surface area contributed by atoms with Crippen LogP contribution in [-0.2, 0) is 11.0 Å². The summed E-state index contributed by atoms with van der Waals surface area (Å²) in [6.45, 7) is 2.33. The number of benzene rings is 1. The number of carbonyl (C=O) groups is 1. The lowest BCUT2D eigenvalue weighted by atomic mass is 10.1. The zero-order valence-electron chi connectivity index (χ0n) is 11.8. The molecule has 2 rings (SSSR count). The predicted octanol–water partition coefficient (Wildman–Crippen LogP) is 4.17. The Hall–Kier alpha value is -0.890. The third-order valence-corrected chi connectivity index (χ3v) is 5.35. The van der Waals surface area contributed by atoms with E-state index < -0.39 is 22.9 Å². The summed E-state index contributed by atoms with van der Waals surface area (Å²) in [5.41, 5.74) is -1.06. The Morgan fingerprint density at radius 2 is 2.14 bits per heavy atom. The molecular formula is C14H15F4NOS2. The molecule has 1 fully saturated rings. The van der Waals surface area contributed by atoms with Gasteiger partial charge in [-0.05, 0) is 29.5 Å². The van der Waals surface area contributed by atoms with Gasteiger partial charge in [0.2, 0.25) is 5.91 Å². The van der Waals surface area contributed by atoms with Crippen molar-refractivity contribution in [2.45, 2.75) is 18.5 Å². The van der Waals surface area contributed by atoms with E-state index in [9.17, 15) is 22.4 Å². The van der Waals surface area contributed by atoms with E-state index in [1.54, 1.807) is 11.8 Å². The van der Waals surface area contributed by atoms with Crippen LogP contribution >= 0.6 is 23.5 Å². The minimum absolute atomic E-state index is 0.120. The number of hydrogen-bond donors (Lipinski definition) is 0. The Labute approximate surface area is 134 Å². The fourth-order valence-electron chi connectivity index (χ4n) is 2.26. The molecule has 1 atom stereocenters. The Morgan fingerprint density at radius 3 is 2.77 bits per heavy atom. The molecule has 8 heteroatoms. The Morgan fingerprint density at radius 1 is 1.41 bits per heavy atom. The molecule has 1 saturated heterocycles. The van der Waals surface area contributed by atoms with Gasteiger partial charge in [-0.3, -0.25) is 4.79 Å². The van der Waals surface area contributed by atoms with Crippen LogP contribution in [0.2, 0.25) is 0 Å². The minimum Gasteiger partial charge on any atom is -0.325 e. The summed E-state index contributed by atoms with van der Waals surface area (Å²) in [7, 11) is 0. The molecule has 1 aromatic carbocycles. The van der Waals surface area contributed by atoms with Crippen LogP contribution in [-0.4, -0.2) is 34.6 Å². The third kappa shape index (κ3) is 3.90. The highest BCUT2D eigenvalue weighted by Crippen LogP contribution is 2.44. The van der Waals surface area contributed by atoms with E-state index in [-0.39, 0.29) is 17.2 Å². The highest BCUT2D eigenvalue weighted by molar-refractivity contribution is 8.00. The number of carbonyl (C=O) groups excluding carboxylic acids is 1. The fraction of sp³-hybridized carbons (Fsp3) is 0.500. The van der Waals surface area contributed by atoms with E-state index in [0.29, 0.717) is 12.3 Å². The van der Waals surface area contributed by atoms with E-state index in [2.05, 4.69) is 0 Å². The number of alkyl halides is 3. The van der Waals surface area contributed by atoms with E-state index in [4.69, 9.17) is 0 Å². The topological polar surface area (TPSA) is 20.3 Å². The maximum atomic E-state index is 13.4. The van der Waals surface area contributed by atoms with E-state index >= 15 is 0 Å². The second-order valence-corrected chi connectivity index (χ2v) is 7.14. The molecule has 0 spiro atoms. The number of rotatable bonds is 5. The highest BCUT2D eigenvalue weighted by atomic mass is 32.2. The molecule has 122 valence electrons. The maximum absolute atomic E-state index is 13.4. The monoisotopic (exact) mass is 353 g/mol. The van der Waals surface area contributed by atoms with Gasteiger partial charge in [-0.1, -0.05) is 6.92 Å². The molecule has 0 radical (unpaired) electrons. The summed E-state index contributed by atoms with van der Waals surface area (Å²) in [5, 5.41) is -0.780. The predicted molar refractivity (Wildman–Crippen MR) is 81.3 cm³/mol. The van der Waals surface area contributed by atoms with Crippen LogP contribution in [0.1, 0.15) is 23.4 Å². The maximum Gasteiger partial charge on any atom is 0.416 e. The van der Waals surface area contributed by atoms with Crippen molar-refractivity contribution in [2.24, 2.45) is 0 Å². The largest absolute Gasteiger partial charge is 0.416 e. The van der Waals surface area contributed by atoms with Gasteiger partial charge in [0, 0.05) is 12.3 Å². The molecular weight excluding hydrogens is 338 g/mol. The molecule has 1 aliphatic rings. The van der Waals surface area contributed by atoms with Crippen LogP contribution in [0.5, 0.6) is 0 Å². The molecule has 0 aromatic heterocycles. The normalized spacial score (nSPS) is 19.0. The number of hydrogen-bond acceptors (Lipinski definition) is 3. The van der Waals surface area contributed by atoms with Crippen molar-refractivity contribution in [3.8, 4) is 0 Å². The van der Waals surface area contributed by atoms with Gasteiger partial charge in [-0.2, -0.15) is 24.9 Å². The SMILES string of the molecule is CCSCCN1C(=O)CSC1c1cc(F)ccc1C(F)(F)F. The van der Waals surface area contributed by atoms with Gasteiger partial charge in [-0.25, -0.2) is 4.39 Å². The molecule has 0 N–H and O–H groups in total. The van der Waals surface area contributed by atoms with Crippen LogP contribution in [0.4, 0.5) is 17.6 Å². The fourth-order valence-corrected chi connectivity index (χ4v) is 4.12. The first-order valence-electron chi connectivity index (χ1n) is 6.70. The van der Waals surface area contributed by atoms with Crippen LogP contribution in [0.3, 0.4) is 0 Å². The van der Waals surface area contributed by atoms with Crippen LogP contribution < -0.4 is 0 Å². The summed E-state index contributed by atoms with van der Waals surface area (Å²) in [5.74, 6) is 0.702. The first kappa shape index (κ1) is 17.5. The van der Waals surface area contributed by atoms with Gasteiger partial charge >= 0.3 is 6.18 Å². The minimum atomic E-state index is -4.57. The lowest BCUT2D eigenvalue weighted by molar-refractivity contribution is -0.139. The highest BCUT2D eigenvalue weighted by Gasteiger charge is 2.40. The summed E-state index contributed by atoms with van der Waals surface area (Å²) >= 11 is 2.72. The Bertz CT molecular complexity index is 550. The van der Waals surface area contributed by atoms with Gasteiger partial charge < -0.3 is 4.90 Å². The average molecular weight is 353 g/mol. The van der Waals surface area contributed by atoms with Gasteiger partial charge in [-0.15, -0.1) is 11.8 Å². The lowest BCUT2D eigenvalue weighted by Crippen LogP contribution is -2.31. The van der Waals surface area contributed by atoms with Crippen LogP contribution in [0.15, 0.2) is 18.2 Å². The van der Waals surface area contributed by atoms with Crippen molar-refractivity contribution in [2.75, 3.05) is 23.8 Å². The van der Waals surface area contributed by atoms with E-state index in [1.165, 1.54) is 4.90 Å². The number of amides is 1. The molecule has 0 aliphatic carbocycles. The molecule has 1 unspecified atom stereocenters.